The predicted molar refractivity (Wildman–Crippen MR) is 25.6 cm³/mol. The summed E-state index contributed by atoms with van der Waals surface area (Å²) in [6.45, 7) is 0. The highest BCUT2D eigenvalue weighted by atomic mass is 19.3. The van der Waals surface area contributed by atoms with Gasteiger partial charge >= 0.3 is 0 Å². The number of terminal acetylenes is 1. The summed E-state index contributed by atoms with van der Waals surface area (Å²) in [7, 11) is 1.15. The van der Waals surface area contributed by atoms with Crippen molar-refractivity contribution in [3.05, 3.63) is 0 Å². The van der Waals surface area contributed by atoms with Gasteiger partial charge in [0, 0.05) is 7.11 Å². The molecule has 0 amide bonds. The van der Waals surface area contributed by atoms with E-state index in [1.54, 1.807) is 5.92 Å². The molecule has 1 atom stereocenters. The first-order chi connectivity index (χ1) is 3.72. The predicted octanol–water partition coefficient (Wildman–Crippen LogP) is 0.900. The van der Waals surface area contributed by atoms with Crippen LogP contribution in [0.1, 0.15) is 0 Å². The largest absolute Gasteiger partial charge is 0.363 e. The van der Waals surface area contributed by atoms with Crippen LogP contribution < -0.4 is 0 Å². The Bertz CT molecular complexity index is 95.1. The molecule has 0 aromatic rings. The number of methoxy groups -OCH3 is 1. The maximum absolute atomic E-state index is 11.4. The monoisotopic (exact) mass is 120 g/mol. The van der Waals surface area contributed by atoms with Gasteiger partial charge in [0.05, 0.1) is 0 Å². The number of rotatable bonds is 2. The Morgan fingerprint density at radius 3 is 2.12 bits per heavy atom. The van der Waals surface area contributed by atoms with E-state index in [4.69, 9.17) is 0 Å². The molecule has 0 bridgehead atoms. The summed E-state index contributed by atoms with van der Waals surface area (Å²) in [5.74, 6) is 1.78. The van der Waals surface area contributed by atoms with Crippen LogP contribution in [-0.4, -0.2) is 19.6 Å². The van der Waals surface area contributed by atoms with Crippen LogP contribution in [0, 0.1) is 12.3 Å². The lowest BCUT2D eigenvalue weighted by Gasteiger charge is -2.04. The summed E-state index contributed by atoms with van der Waals surface area (Å²) >= 11 is 0. The van der Waals surface area contributed by atoms with Gasteiger partial charge in [-0.2, -0.15) is 0 Å². The molecule has 0 aliphatic heterocycles. The minimum atomic E-state index is -2.58. The van der Waals surface area contributed by atoms with E-state index >= 15 is 0 Å². The van der Waals surface area contributed by atoms with Gasteiger partial charge in [-0.15, -0.1) is 6.42 Å². The lowest BCUT2D eigenvalue weighted by atomic mass is 10.4. The number of alkyl halides is 2. The molecule has 0 spiro atoms. The fourth-order valence-electron chi connectivity index (χ4n) is 0.244. The van der Waals surface area contributed by atoms with Crippen molar-refractivity contribution in [3.8, 4) is 12.3 Å². The zero-order valence-electron chi connectivity index (χ0n) is 4.40. The van der Waals surface area contributed by atoms with Gasteiger partial charge in [-0.3, -0.25) is 0 Å². The molecule has 0 N–H and O–H groups in total. The fourth-order valence-corrected chi connectivity index (χ4v) is 0.244. The van der Waals surface area contributed by atoms with Crippen LogP contribution in [0.25, 0.3) is 0 Å². The maximum Gasteiger partial charge on any atom is 0.275 e. The Kier molecular flexibility index (Phi) is 3.13. The summed E-state index contributed by atoms with van der Waals surface area (Å²) in [6, 6.07) is 0. The summed E-state index contributed by atoms with van der Waals surface area (Å²) in [6.07, 6.45) is 0.699. The van der Waals surface area contributed by atoms with Gasteiger partial charge in [-0.25, -0.2) is 8.78 Å². The molecule has 0 aromatic heterocycles. The third-order valence-electron chi connectivity index (χ3n) is 0.647. The third-order valence-corrected chi connectivity index (χ3v) is 0.647. The molecule has 1 nitrogen and oxygen atoms in total. The summed E-state index contributed by atoms with van der Waals surface area (Å²) in [5.41, 5.74) is 0. The van der Waals surface area contributed by atoms with Crippen LogP contribution in [-0.2, 0) is 4.74 Å². The molecule has 0 heterocycles. The van der Waals surface area contributed by atoms with Crippen molar-refractivity contribution in [1.82, 2.24) is 0 Å². The Morgan fingerprint density at radius 1 is 1.62 bits per heavy atom. The minimum absolute atomic E-state index is 1.15. The minimum Gasteiger partial charge on any atom is -0.363 e. The second-order valence-electron chi connectivity index (χ2n) is 1.16. The van der Waals surface area contributed by atoms with Crippen molar-refractivity contribution in [2.75, 3.05) is 7.11 Å². The smallest absolute Gasteiger partial charge is 0.275 e. The molecule has 0 aromatic carbocycles. The summed E-state index contributed by atoms with van der Waals surface area (Å²) < 4.78 is 27.0. The lowest BCUT2D eigenvalue weighted by Crippen LogP contribution is -2.17. The first-order valence-corrected chi connectivity index (χ1v) is 1.99. The van der Waals surface area contributed by atoms with Crippen LogP contribution in [0.4, 0.5) is 8.78 Å². The molecule has 0 saturated carbocycles. The number of hydrogen-bond donors (Lipinski definition) is 0. The average molecular weight is 120 g/mol. The van der Waals surface area contributed by atoms with Gasteiger partial charge in [0.2, 0.25) is 0 Å². The van der Waals surface area contributed by atoms with E-state index in [0.717, 1.165) is 7.11 Å². The second-order valence-corrected chi connectivity index (χ2v) is 1.16. The molecule has 1 unspecified atom stereocenters. The number of halogens is 2. The summed E-state index contributed by atoms with van der Waals surface area (Å²) in [4.78, 5) is 0. The Hall–Kier alpha value is -0.620. The van der Waals surface area contributed by atoms with Crippen molar-refractivity contribution in [2.24, 2.45) is 0 Å². The molecule has 46 valence electrons. The first-order valence-electron chi connectivity index (χ1n) is 1.99. The third kappa shape index (κ3) is 1.90. The van der Waals surface area contributed by atoms with Gasteiger partial charge in [-0.05, 0) is 0 Å². The Balaban J connectivity index is 3.57. The second kappa shape index (κ2) is 3.39. The van der Waals surface area contributed by atoms with Crippen molar-refractivity contribution < 1.29 is 13.5 Å². The molecule has 8 heavy (non-hydrogen) atoms. The van der Waals surface area contributed by atoms with E-state index in [2.05, 4.69) is 11.2 Å². The lowest BCUT2D eigenvalue weighted by molar-refractivity contribution is 0.00125. The van der Waals surface area contributed by atoms with Gasteiger partial charge in [-0.1, -0.05) is 5.92 Å². The van der Waals surface area contributed by atoms with Crippen LogP contribution >= 0.6 is 0 Å². The standard InChI is InChI=1S/C5H6F2O/c1-3-4(8-2)5(6)7/h1,4-5H,2H3. The van der Waals surface area contributed by atoms with Crippen LogP contribution in [0.15, 0.2) is 0 Å². The van der Waals surface area contributed by atoms with E-state index in [1.165, 1.54) is 0 Å². The highest BCUT2D eigenvalue weighted by molar-refractivity contribution is 4.95. The molecule has 0 fully saturated rings. The van der Waals surface area contributed by atoms with E-state index < -0.39 is 12.5 Å². The Morgan fingerprint density at radius 2 is 2.12 bits per heavy atom. The van der Waals surface area contributed by atoms with Crippen LogP contribution in [0.5, 0.6) is 0 Å². The quantitative estimate of drug-likeness (QED) is 0.492. The van der Waals surface area contributed by atoms with Crippen LogP contribution in [0.3, 0.4) is 0 Å². The molecule has 3 heteroatoms. The highest BCUT2D eigenvalue weighted by Crippen LogP contribution is 2.01. The van der Waals surface area contributed by atoms with Gasteiger partial charge in [0.1, 0.15) is 0 Å². The van der Waals surface area contributed by atoms with E-state index in [1.807, 2.05) is 0 Å². The number of hydrogen-bond acceptors (Lipinski definition) is 1. The van der Waals surface area contributed by atoms with Crippen LogP contribution in [0.2, 0.25) is 0 Å². The molecule has 0 saturated heterocycles. The molecule has 0 rings (SSSR count). The topological polar surface area (TPSA) is 9.23 Å². The maximum atomic E-state index is 11.4. The van der Waals surface area contributed by atoms with Gasteiger partial charge < -0.3 is 4.74 Å². The highest BCUT2D eigenvalue weighted by Gasteiger charge is 2.14. The van der Waals surface area contributed by atoms with Crippen molar-refractivity contribution in [2.45, 2.75) is 12.5 Å². The normalized spacial score (nSPS) is 13.4. The van der Waals surface area contributed by atoms with E-state index in [0.29, 0.717) is 0 Å². The van der Waals surface area contributed by atoms with E-state index in [-0.39, 0.29) is 0 Å². The molecule has 0 aliphatic rings. The zero-order valence-corrected chi connectivity index (χ0v) is 4.40. The summed E-state index contributed by atoms with van der Waals surface area (Å²) in [5, 5.41) is 0. The molecule has 0 aliphatic carbocycles. The van der Waals surface area contributed by atoms with Crippen molar-refractivity contribution in [1.29, 1.82) is 0 Å². The Labute approximate surface area is 46.6 Å². The molecule has 0 radical (unpaired) electrons. The first kappa shape index (κ1) is 7.38. The number of ether oxygens (including phenoxy) is 1. The molecular weight excluding hydrogens is 114 g/mol. The SMILES string of the molecule is C#CC(OC)C(F)F. The fraction of sp³-hybridized carbons (Fsp3) is 0.600. The van der Waals surface area contributed by atoms with Gasteiger partial charge in [0.25, 0.3) is 6.43 Å². The van der Waals surface area contributed by atoms with Crippen molar-refractivity contribution in [3.63, 3.8) is 0 Å². The van der Waals surface area contributed by atoms with Crippen molar-refractivity contribution >= 4 is 0 Å². The van der Waals surface area contributed by atoms with E-state index in [9.17, 15) is 8.78 Å². The zero-order chi connectivity index (χ0) is 6.57. The van der Waals surface area contributed by atoms with Gasteiger partial charge in [0.15, 0.2) is 6.10 Å². The average Bonchev–Trinajstić information content (AvgIpc) is 1.69. The molecular formula is C5H6F2O.